The molecule has 0 aliphatic heterocycles. The lowest BCUT2D eigenvalue weighted by Crippen LogP contribution is -2.15. The van der Waals surface area contributed by atoms with Crippen molar-refractivity contribution in [2.24, 2.45) is 0 Å². The summed E-state index contributed by atoms with van der Waals surface area (Å²) in [6.07, 6.45) is 3.60. The van der Waals surface area contributed by atoms with Crippen LogP contribution in [0.25, 0.3) is 0 Å². The lowest BCUT2D eigenvalue weighted by Gasteiger charge is -2.09. The summed E-state index contributed by atoms with van der Waals surface area (Å²) in [4.78, 5) is 17.9. The summed E-state index contributed by atoms with van der Waals surface area (Å²) in [6, 6.07) is 17.6. The summed E-state index contributed by atoms with van der Waals surface area (Å²) in [7, 11) is -3.35. The number of nitrogens with zero attached hydrogens (tertiary/aromatic N) is 1. The number of amides is 1. The zero-order valence-corrected chi connectivity index (χ0v) is 17.8. The topological polar surface area (TPSA) is 76.1 Å². The molecule has 0 saturated carbocycles. The fraction of sp³-hybridized carbons (Fsp3) is 0.182. The highest BCUT2D eigenvalue weighted by Crippen LogP contribution is 2.24. The number of anilines is 1. The molecule has 1 aromatic heterocycles. The van der Waals surface area contributed by atoms with E-state index >= 15 is 0 Å². The third kappa shape index (κ3) is 5.46. The van der Waals surface area contributed by atoms with Gasteiger partial charge in [-0.05, 0) is 74.0 Å². The van der Waals surface area contributed by atoms with Gasteiger partial charge in [0.2, 0.25) is 0 Å². The first-order valence-electron chi connectivity index (χ1n) is 9.13. The Bertz CT molecular complexity index is 1060. The highest BCUT2D eigenvalue weighted by atomic mass is 32.2. The molecule has 29 heavy (non-hydrogen) atoms. The first-order valence-corrected chi connectivity index (χ1v) is 11.7. The number of carbonyl (C=O) groups excluding carboxylic acids is 1. The fourth-order valence-corrected chi connectivity index (χ4v) is 4.45. The van der Waals surface area contributed by atoms with Crippen molar-refractivity contribution in [3.63, 3.8) is 0 Å². The van der Waals surface area contributed by atoms with Crippen LogP contribution in [-0.4, -0.2) is 24.6 Å². The van der Waals surface area contributed by atoms with E-state index in [0.717, 1.165) is 16.2 Å². The Hall–Kier alpha value is -2.64. The average molecular weight is 427 g/mol. The number of aromatic nitrogens is 1. The van der Waals surface area contributed by atoms with Crippen molar-refractivity contribution in [1.29, 1.82) is 0 Å². The van der Waals surface area contributed by atoms with E-state index in [1.54, 1.807) is 31.8 Å². The van der Waals surface area contributed by atoms with Crippen LogP contribution in [-0.2, 0) is 15.6 Å². The number of hydrogen-bond donors (Lipinski definition) is 1. The number of benzene rings is 2. The van der Waals surface area contributed by atoms with E-state index in [-0.39, 0.29) is 10.8 Å². The van der Waals surface area contributed by atoms with Crippen LogP contribution >= 0.6 is 11.8 Å². The lowest BCUT2D eigenvalue weighted by molar-refractivity contribution is 0.102. The minimum absolute atomic E-state index is 0.221. The molecule has 0 aliphatic carbocycles. The highest BCUT2D eigenvalue weighted by molar-refractivity contribution is 7.98. The molecule has 0 unspecified atom stereocenters. The molecular formula is C22H22N2O3S2. The Balaban J connectivity index is 1.60. The molecule has 0 fully saturated rings. The van der Waals surface area contributed by atoms with Gasteiger partial charge in [0, 0.05) is 34.3 Å². The summed E-state index contributed by atoms with van der Waals surface area (Å²) in [5, 5.41) is 2.33. The van der Waals surface area contributed by atoms with Gasteiger partial charge in [0.1, 0.15) is 0 Å². The maximum absolute atomic E-state index is 12.4. The van der Waals surface area contributed by atoms with E-state index in [1.807, 2.05) is 42.6 Å². The maximum Gasteiger partial charge on any atom is 0.255 e. The number of nitrogens with one attached hydrogen (secondary N) is 1. The molecule has 0 bridgehead atoms. The van der Waals surface area contributed by atoms with Crippen molar-refractivity contribution >= 4 is 33.2 Å². The van der Waals surface area contributed by atoms with E-state index in [0.29, 0.717) is 11.3 Å². The number of sulfone groups is 1. The fourth-order valence-electron chi connectivity index (χ4n) is 2.56. The standard InChI is InChI=1S/C22H22N2O3S2/c1-16(2)29(26,27)21-11-5-18(6-12-21)22(25)24-19-7-9-20(10-8-19)28-15-17-4-3-13-23-14-17/h3-14,16H,15H2,1-2H3,(H,24,25). The average Bonchev–Trinajstić information content (AvgIpc) is 2.74. The van der Waals surface area contributed by atoms with E-state index in [2.05, 4.69) is 10.3 Å². The van der Waals surface area contributed by atoms with Crippen LogP contribution in [0.3, 0.4) is 0 Å². The Kier molecular flexibility index (Phi) is 6.71. The predicted molar refractivity (Wildman–Crippen MR) is 117 cm³/mol. The minimum atomic E-state index is -3.35. The summed E-state index contributed by atoms with van der Waals surface area (Å²) in [5.74, 6) is 0.541. The minimum Gasteiger partial charge on any atom is -0.322 e. The first kappa shape index (κ1) is 21.1. The summed E-state index contributed by atoms with van der Waals surface area (Å²) < 4.78 is 24.3. The summed E-state index contributed by atoms with van der Waals surface area (Å²) in [6.45, 7) is 3.27. The number of carbonyl (C=O) groups is 1. The van der Waals surface area contributed by atoms with Crippen molar-refractivity contribution in [2.45, 2.75) is 34.6 Å². The smallest absolute Gasteiger partial charge is 0.255 e. The summed E-state index contributed by atoms with van der Waals surface area (Å²) >= 11 is 1.69. The molecule has 0 saturated heterocycles. The van der Waals surface area contributed by atoms with Gasteiger partial charge in [-0.2, -0.15) is 0 Å². The van der Waals surface area contributed by atoms with Crippen LogP contribution < -0.4 is 5.32 Å². The van der Waals surface area contributed by atoms with Gasteiger partial charge in [0.25, 0.3) is 5.91 Å². The molecule has 0 radical (unpaired) electrons. The Morgan fingerprint density at radius 1 is 1.03 bits per heavy atom. The maximum atomic E-state index is 12.4. The Morgan fingerprint density at radius 2 is 1.72 bits per heavy atom. The molecule has 3 rings (SSSR count). The van der Waals surface area contributed by atoms with Crippen LogP contribution in [0.15, 0.2) is 82.8 Å². The van der Waals surface area contributed by atoms with Crippen molar-refractivity contribution in [3.8, 4) is 0 Å². The molecule has 0 aliphatic rings. The van der Waals surface area contributed by atoms with Crippen LogP contribution in [0.1, 0.15) is 29.8 Å². The second-order valence-corrected chi connectivity index (χ2v) is 10.3. The van der Waals surface area contributed by atoms with Gasteiger partial charge in [0.05, 0.1) is 10.1 Å². The number of rotatable bonds is 7. The van der Waals surface area contributed by atoms with Gasteiger partial charge in [0.15, 0.2) is 9.84 Å². The second kappa shape index (κ2) is 9.24. The highest BCUT2D eigenvalue weighted by Gasteiger charge is 2.19. The zero-order chi connectivity index (χ0) is 20.9. The molecule has 0 spiro atoms. The zero-order valence-electron chi connectivity index (χ0n) is 16.2. The van der Waals surface area contributed by atoms with Gasteiger partial charge < -0.3 is 5.32 Å². The third-order valence-corrected chi connectivity index (χ3v) is 7.56. The van der Waals surface area contributed by atoms with E-state index in [9.17, 15) is 13.2 Å². The quantitative estimate of drug-likeness (QED) is 0.549. The van der Waals surface area contributed by atoms with Crippen LogP contribution in [0.5, 0.6) is 0 Å². The molecule has 1 heterocycles. The number of pyridine rings is 1. The van der Waals surface area contributed by atoms with Gasteiger partial charge in [-0.3, -0.25) is 9.78 Å². The number of hydrogen-bond acceptors (Lipinski definition) is 5. The largest absolute Gasteiger partial charge is 0.322 e. The normalized spacial score (nSPS) is 11.4. The van der Waals surface area contributed by atoms with Crippen LogP contribution in [0.2, 0.25) is 0 Å². The first-order chi connectivity index (χ1) is 13.9. The predicted octanol–water partition coefficient (Wildman–Crippen LogP) is 4.81. The van der Waals surface area contributed by atoms with Crippen LogP contribution in [0.4, 0.5) is 5.69 Å². The summed E-state index contributed by atoms with van der Waals surface area (Å²) in [5.41, 5.74) is 2.24. The van der Waals surface area contributed by atoms with Gasteiger partial charge in [-0.25, -0.2) is 8.42 Å². The molecule has 0 atom stereocenters. The lowest BCUT2D eigenvalue weighted by atomic mass is 10.2. The van der Waals surface area contributed by atoms with Gasteiger partial charge >= 0.3 is 0 Å². The van der Waals surface area contributed by atoms with Crippen LogP contribution in [0, 0.1) is 0 Å². The molecule has 2 aromatic carbocycles. The molecule has 3 aromatic rings. The Labute approximate surface area is 175 Å². The SMILES string of the molecule is CC(C)S(=O)(=O)c1ccc(C(=O)Nc2ccc(SCc3cccnc3)cc2)cc1. The van der Waals surface area contributed by atoms with E-state index in [1.165, 1.54) is 24.3 Å². The molecule has 150 valence electrons. The second-order valence-electron chi connectivity index (χ2n) is 6.75. The molecular weight excluding hydrogens is 404 g/mol. The molecule has 1 amide bonds. The third-order valence-electron chi connectivity index (χ3n) is 4.31. The van der Waals surface area contributed by atoms with Crippen molar-refractivity contribution in [1.82, 2.24) is 4.98 Å². The number of thioether (sulfide) groups is 1. The van der Waals surface area contributed by atoms with E-state index < -0.39 is 15.1 Å². The van der Waals surface area contributed by atoms with E-state index in [4.69, 9.17) is 0 Å². The van der Waals surface area contributed by atoms with Crippen molar-refractivity contribution in [2.75, 3.05) is 5.32 Å². The monoisotopic (exact) mass is 426 g/mol. The molecule has 7 heteroatoms. The molecule has 1 N–H and O–H groups in total. The van der Waals surface area contributed by atoms with Gasteiger partial charge in [-0.15, -0.1) is 11.8 Å². The van der Waals surface area contributed by atoms with Gasteiger partial charge in [-0.1, -0.05) is 6.07 Å². The Morgan fingerprint density at radius 3 is 2.31 bits per heavy atom. The van der Waals surface area contributed by atoms with Crippen molar-refractivity contribution in [3.05, 3.63) is 84.2 Å². The van der Waals surface area contributed by atoms with Crippen molar-refractivity contribution < 1.29 is 13.2 Å². The molecule has 5 nitrogen and oxygen atoms in total.